The molecule has 0 amide bonds. The van der Waals surface area contributed by atoms with Crippen LogP contribution in [-0.4, -0.2) is 22.4 Å². The summed E-state index contributed by atoms with van der Waals surface area (Å²) in [6.45, 7) is 3.51. The van der Waals surface area contributed by atoms with E-state index in [1.807, 2.05) is 30.3 Å². The van der Waals surface area contributed by atoms with Crippen LogP contribution < -0.4 is 0 Å². The van der Waals surface area contributed by atoms with Crippen molar-refractivity contribution in [2.45, 2.75) is 38.4 Å². The summed E-state index contributed by atoms with van der Waals surface area (Å²) in [5.41, 5.74) is 1.09. The first-order valence-corrected chi connectivity index (χ1v) is 5.02. The number of benzene rings is 1. The van der Waals surface area contributed by atoms with Crippen LogP contribution in [0.3, 0.4) is 0 Å². The van der Waals surface area contributed by atoms with Crippen LogP contribution >= 0.6 is 0 Å². The van der Waals surface area contributed by atoms with Gasteiger partial charge in [-0.15, -0.1) is 0 Å². The second kappa shape index (κ2) is 5.13. The fraction of sp³-hybridized carbons (Fsp3) is 0.500. The summed E-state index contributed by atoms with van der Waals surface area (Å²) >= 11 is 0. The molecule has 0 saturated carbocycles. The van der Waals surface area contributed by atoms with Crippen molar-refractivity contribution < 1.29 is 10.2 Å². The molecule has 1 aromatic carbocycles. The van der Waals surface area contributed by atoms with Crippen molar-refractivity contribution in [1.29, 1.82) is 0 Å². The standard InChI is InChI=1S/C12H18O2/c1-9(13)8-12(10(2)14)11-6-4-3-5-7-11/h3-7,9-10,12-14H,8H2,1-2H3. The minimum absolute atomic E-state index is 0.0243. The highest BCUT2D eigenvalue weighted by molar-refractivity contribution is 5.20. The first-order chi connectivity index (χ1) is 6.61. The second-order valence-corrected chi connectivity index (χ2v) is 3.84. The molecule has 0 aliphatic carbocycles. The van der Waals surface area contributed by atoms with Crippen molar-refractivity contribution >= 4 is 0 Å². The molecule has 0 aliphatic heterocycles. The molecule has 2 N–H and O–H groups in total. The van der Waals surface area contributed by atoms with Gasteiger partial charge in [-0.25, -0.2) is 0 Å². The van der Waals surface area contributed by atoms with Gasteiger partial charge in [0.15, 0.2) is 0 Å². The van der Waals surface area contributed by atoms with E-state index in [2.05, 4.69) is 0 Å². The summed E-state index contributed by atoms with van der Waals surface area (Å²) in [6.07, 6.45) is -0.205. The topological polar surface area (TPSA) is 40.5 Å². The van der Waals surface area contributed by atoms with Crippen molar-refractivity contribution in [3.8, 4) is 0 Å². The van der Waals surface area contributed by atoms with Gasteiger partial charge in [-0.05, 0) is 25.8 Å². The van der Waals surface area contributed by atoms with E-state index in [9.17, 15) is 10.2 Å². The number of aliphatic hydroxyl groups is 2. The highest BCUT2D eigenvalue weighted by Crippen LogP contribution is 2.24. The zero-order valence-electron chi connectivity index (χ0n) is 8.72. The maximum atomic E-state index is 9.60. The molecule has 3 unspecified atom stereocenters. The quantitative estimate of drug-likeness (QED) is 0.768. The molecule has 0 heterocycles. The van der Waals surface area contributed by atoms with E-state index < -0.39 is 6.10 Å². The molecular formula is C12H18O2. The number of hydrogen-bond acceptors (Lipinski definition) is 2. The summed E-state index contributed by atoms with van der Waals surface area (Å²) < 4.78 is 0. The van der Waals surface area contributed by atoms with E-state index in [1.165, 1.54) is 0 Å². The molecule has 1 rings (SSSR count). The SMILES string of the molecule is CC(O)CC(c1ccccc1)C(C)O. The molecule has 0 saturated heterocycles. The molecule has 0 radical (unpaired) electrons. The van der Waals surface area contributed by atoms with Gasteiger partial charge in [-0.2, -0.15) is 0 Å². The molecule has 0 aliphatic rings. The van der Waals surface area contributed by atoms with E-state index >= 15 is 0 Å². The molecule has 0 fully saturated rings. The predicted octanol–water partition coefficient (Wildman–Crippen LogP) is 1.92. The molecule has 3 atom stereocenters. The highest BCUT2D eigenvalue weighted by Gasteiger charge is 2.18. The molecule has 0 bridgehead atoms. The van der Waals surface area contributed by atoms with Crippen molar-refractivity contribution in [1.82, 2.24) is 0 Å². The maximum Gasteiger partial charge on any atom is 0.0581 e. The van der Waals surface area contributed by atoms with Crippen molar-refractivity contribution in [3.63, 3.8) is 0 Å². The van der Waals surface area contributed by atoms with Crippen LogP contribution in [0.2, 0.25) is 0 Å². The van der Waals surface area contributed by atoms with Crippen molar-refractivity contribution in [2.75, 3.05) is 0 Å². The molecule has 78 valence electrons. The summed E-state index contributed by atoms with van der Waals surface area (Å²) in [4.78, 5) is 0. The Morgan fingerprint density at radius 1 is 1.07 bits per heavy atom. The lowest BCUT2D eigenvalue weighted by atomic mass is 9.89. The molecule has 2 heteroatoms. The molecule has 1 aromatic rings. The fourth-order valence-electron chi connectivity index (χ4n) is 1.68. The number of rotatable bonds is 4. The van der Waals surface area contributed by atoms with E-state index in [0.717, 1.165) is 5.56 Å². The maximum absolute atomic E-state index is 9.60. The molecule has 0 aromatic heterocycles. The lowest BCUT2D eigenvalue weighted by Crippen LogP contribution is -2.19. The number of aliphatic hydroxyl groups excluding tert-OH is 2. The Bertz CT molecular complexity index is 254. The first kappa shape index (κ1) is 11.2. The van der Waals surface area contributed by atoms with Crippen LogP contribution in [-0.2, 0) is 0 Å². The van der Waals surface area contributed by atoms with Crippen LogP contribution in [0, 0.1) is 0 Å². The van der Waals surface area contributed by atoms with Crippen LogP contribution in [0.1, 0.15) is 31.7 Å². The van der Waals surface area contributed by atoms with Crippen molar-refractivity contribution in [2.24, 2.45) is 0 Å². The normalized spacial score (nSPS) is 17.4. The monoisotopic (exact) mass is 194 g/mol. The largest absolute Gasteiger partial charge is 0.393 e. The Morgan fingerprint density at radius 2 is 1.64 bits per heavy atom. The van der Waals surface area contributed by atoms with E-state index in [-0.39, 0.29) is 12.0 Å². The highest BCUT2D eigenvalue weighted by atomic mass is 16.3. The predicted molar refractivity (Wildman–Crippen MR) is 57.2 cm³/mol. The van der Waals surface area contributed by atoms with Gasteiger partial charge >= 0.3 is 0 Å². The van der Waals surface area contributed by atoms with Gasteiger partial charge in [0.25, 0.3) is 0 Å². The van der Waals surface area contributed by atoms with Gasteiger partial charge in [0.05, 0.1) is 12.2 Å². The minimum Gasteiger partial charge on any atom is -0.393 e. The van der Waals surface area contributed by atoms with Gasteiger partial charge in [0.1, 0.15) is 0 Å². The third kappa shape index (κ3) is 3.13. The van der Waals surface area contributed by atoms with E-state index in [1.54, 1.807) is 13.8 Å². The Kier molecular flexibility index (Phi) is 4.11. The molecule has 2 nitrogen and oxygen atoms in total. The zero-order valence-corrected chi connectivity index (χ0v) is 8.72. The average Bonchev–Trinajstić information content (AvgIpc) is 2.15. The minimum atomic E-state index is -0.424. The van der Waals surface area contributed by atoms with Gasteiger partial charge < -0.3 is 10.2 Å². The Balaban J connectivity index is 2.78. The van der Waals surface area contributed by atoms with Crippen LogP contribution in [0.15, 0.2) is 30.3 Å². The van der Waals surface area contributed by atoms with Gasteiger partial charge in [-0.1, -0.05) is 30.3 Å². The van der Waals surface area contributed by atoms with Gasteiger partial charge in [0.2, 0.25) is 0 Å². The number of hydrogen-bond donors (Lipinski definition) is 2. The smallest absolute Gasteiger partial charge is 0.0581 e. The second-order valence-electron chi connectivity index (χ2n) is 3.84. The van der Waals surface area contributed by atoms with Gasteiger partial charge in [-0.3, -0.25) is 0 Å². The van der Waals surface area contributed by atoms with E-state index in [4.69, 9.17) is 0 Å². The summed E-state index contributed by atoms with van der Waals surface area (Å²) in [7, 11) is 0. The fourth-order valence-corrected chi connectivity index (χ4v) is 1.68. The summed E-state index contributed by atoms with van der Waals surface area (Å²) in [5.74, 6) is 0.0243. The van der Waals surface area contributed by atoms with E-state index in [0.29, 0.717) is 6.42 Å². The summed E-state index contributed by atoms with van der Waals surface area (Å²) in [5, 5.41) is 18.9. The third-order valence-corrected chi connectivity index (χ3v) is 2.41. The Hall–Kier alpha value is -0.860. The third-order valence-electron chi connectivity index (χ3n) is 2.41. The molecular weight excluding hydrogens is 176 g/mol. The first-order valence-electron chi connectivity index (χ1n) is 5.02. The van der Waals surface area contributed by atoms with Crippen molar-refractivity contribution in [3.05, 3.63) is 35.9 Å². The van der Waals surface area contributed by atoms with Crippen LogP contribution in [0.25, 0.3) is 0 Å². The molecule has 14 heavy (non-hydrogen) atoms. The Morgan fingerprint density at radius 3 is 2.07 bits per heavy atom. The summed E-state index contributed by atoms with van der Waals surface area (Å²) in [6, 6.07) is 9.82. The van der Waals surface area contributed by atoms with Gasteiger partial charge in [0, 0.05) is 5.92 Å². The lowest BCUT2D eigenvalue weighted by Gasteiger charge is -2.21. The lowest BCUT2D eigenvalue weighted by molar-refractivity contribution is 0.112. The Labute approximate surface area is 85.2 Å². The van der Waals surface area contributed by atoms with Crippen LogP contribution in [0.4, 0.5) is 0 Å². The zero-order chi connectivity index (χ0) is 10.6. The molecule has 0 spiro atoms. The average molecular weight is 194 g/mol. The van der Waals surface area contributed by atoms with Crippen LogP contribution in [0.5, 0.6) is 0 Å².